The van der Waals surface area contributed by atoms with Gasteiger partial charge < -0.3 is 10.3 Å². The van der Waals surface area contributed by atoms with E-state index in [-0.39, 0.29) is 11.7 Å². The van der Waals surface area contributed by atoms with Crippen LogP contribution >= 0.6 is 0 Å². The zero-order chi connectivity index (χ0) is 6.69. The van der Waals surface area contributed by atoms with Crippen molar-refractivity contribution < 1.29 is 4.52 Å². The van der Waals surface area contributed by atoms with Crippen LogP contribution in [0.3, 0.4) is 0 Å². The summed E-state index contributed by atoms with van der Waals surface area (Å²) in [5.41, 5.74) is 4.92. The van der Waals surface area contributed by atoms with E-state index in [1.165, 1.54) is 0 Å². The molecular formula is C3H3BN4O. The Balaban J connectivity index is 2.85. The molecule has 0 saturated heterocycles. The lowest BCUT2D eigenvalue weighted by molar-refractivity contribution is 0.447. The second kappa shape index (κ2) is 2.30. The fraction of sp³-hybridized carbons (Fsp3) is 0. The van der Waals surface area contributed by atoms with Crippen molar-refractivity contribution in [3.05, 3.63) is 0 Å². The van der Waals surface area contributed by atoms with E-state index in [9.17, 15) is 0 Å². The highest BCUT2D eigenvalue weighted by Gasteiger charge is 1.94. The van der Waals surface area contributed by atoms with E-state index in [2.05, 4.69) is 19.7 Å². The van der Waals surface area contributed by atoms with Gasteiger partial charge in [0.05, 0.1) is 6.34 Å². The predicted octanol–water partition coefficient (Wildman–Crippen LogP) is -1.52. The van der Waals surface area contributed by atoms with Gasteiger partial charge in [-0.05, 0) is 5.16 Å². The maximum Gasteiger partial charge on any atom is 0.290 e. The Kier molecular flexibility index (Phi) is 1.48. The summed E-state index contributed by atoms with van der Waals surface area (Å²) in [6.07, 6.45) is 1.06. The smallest absolute Gasteiger partial charge is 0.290 e. The third-order valence-electron chi connectivity index (χ3n) is 0.621. The van der Waals surface area contributed by atoms with Crippen molar-refractivity contribution >= 4 is 25.9 Å². The van der Waals surface area contributed by atoms with Crippen LogP contribution in [-0.2, 0) is 0 Å². The number of nitrogens with two attached hydrogens (primary N) is 1. The van der Waals surface area contributed by atoms with E-state index in [4.69, 9.17) is 13.6 Å². The molecule has 0 aliphatic rings. The molecule has 0 saturated carbocycles. The van der Waals surface area contributed by atoms with E-state index >= 15 is 0 Å². The number of rotatable bonds is 1. The Hall–Kier alpha value is -1.33. The molecule has 0 amide bonds. The Labute approximate surface area is 52.4 Å². The molecular weight excluding hydrogens is 119 g/mol. The molecule has 2 N–H and O–H groups in total. The highest BCUT2D eigenvalue weighted by molar-refractivity contribution is 6.28. The zero-order valence-corrected chi connectivity index (χ0v) is 4.48. The van der Waals surface area contributed by atoms with E-state index in [1.807, 2.05) is 0 Å². The van der Waals surface area contributed by atoms with Crippen LogP contribution in [0.4, 0.5) is 5.95 Å². The van der Waals surface area contributed by atoms with Gasteiger partial charge in [-0.1, -0.05) is 0 Å². The summed E-state index contributed by atoms with van der Waals surface area (Å²) in [7, 11) is 5.05. The lowest BCUT2D eigenvalue weighted by Gasteiger charge is -1.71. The van der Waals surface area contributed by atoms with Gasteiger partial charge in [0.15, 0.2) is 5.79 Å². The first-order chi connectivity index (χ1) is 4.33. The minimum absolute atomic E-state index is 0.0180. The molecule has 44 valence electrons. The number of aliphatic imine (C=N–C) groups is 1. The van der Waals surface area contributed by atoms with Gasteiger partial charge in [-0.25, -0.2) is 0 Å². The first-order valence-electron chi connectivity index (χ1n) is 2.16. The molecule has 6 heteroatoms. The van der Waals surface area contributed by atoms with E-state index < -0.39 is 0 Å². The number of nitrogens with zero attached hydrogens (tertiary/aromatic N) is 3. The first kappa shape index (κ1) is 5.81. The molecule has 0 unspecified atom stereocenters. The number of hydrogen-bond donors (Lipinski definition) is 1. The maximum atomic E-state index is 5.05. The first-order valence-corrected chi connectivity index (χ1v) is 2.16. The summed E-state index contributed by atoms with van der Waals surface area (Å²) in [5.74, 6) is 0.116. The summed E-state index contributed by atoms with van der Waals surface area (Å²) in [5, 5.41) is 3.32. The molecule has 0 aliphatic carbocycles. The molecule has 1 aromatic heterocycles. The van der Waals surface area contributed by atoms with Crippen molar-refractivity contribution in [2.45, 2.75) is 0 Å². The summed E-state index contributed by atoms with van der Waals surface area (Å²) in [6.45, 7) is 0. The van der Waals surface area contributed by atoms with Crippen LogP contribution in [-0.4, -0.2) is 24.3 Å². The highest BCUT2D eigenvalue weighted by Crippen LogP contribution is 1.94. The number of hydrogen-bond acceptors (Lipinski definition) is 4. The molecule has 0 atom stereocenters. The second-order valence-electron chi connectivity index (χ2n) is 1.21. The van der Waals surface area contributed by atoms with Crippen molar-refractivity contribution in [2.75, 3.05) is 0 Å². The van der Waals surface area contributed by atoms with Gasteiger partial charge in [0.2, 0.25) is 7.85 Å². The van der Waals surface area contributed by atoms with Crippen LogP contribution in [0.25, 0.3) is 0 Å². The van der Waals surface area contributed by atoms with Gasteiger partial charge in [-0.3, -0.25) is 0 Å². The van der Waals surface area contributed by atoms with Crippen LogP contribution < -0.4 is 11.5 Å². The maximum absolute atomic E-state index is 5.05. The van der Waals surface area contributed by atoms with Crippen molar-refractivity contribution in [3.63, 3.8) is 0 Å². The van der Waals surface area contributed by atoms with Crippen molar-refractivity contribution in [2.24, 2.45) is 10.7 Å². The summed E-state index contributed by atoms with van der Waals surface area (Å²) in [4.78, 5) is 7.01. The van der Waals surface area contributed by atoms with Crippen molar-refractivity contribution in [1.82, 2.24) is 10.1 Å². The largest absolute Gasteiger partial charge is 0.390 e. The third kappa shape index (κ3) is 1.28. The Morgan fingerprint density at radius 2 is 2.56 bits per heavy atom. The average Bonchev–Trinajstić information content (AvgIpc) is 2.17. The molecule has 0 aromatic carbocycles. The summed E-state index contributed by atoms with van der Waals surface area (Å²) >= 11 is 0. The average molecular weight is 122 g/mol. The lowest BCUT2D eigenvalue weighted by Crippen LogP contribution is -1.99. The normalized spacial score (nSPS) is 10.7. The molecule has 0 fully saturated rings. The fourth-order valence-corrected chi connectivity index (χ4v) is 0.346. The van der Waals surface area contributed by atoms with Gasteiger partial charge in [0.1, 0.15) is 0 Å². The van der Waals surface area contributed by atoms with Gasteiger partial charge in [0, 0.05) is 0 Å². The minimum Gasteiger partial charge on any atom is -0.390 e. The quantitative estimate of drug-likeness (QED) is 0.278. The zero-order valence-electron chi connectivity index (χ0n) is 4.48. The van der Waals surface area contributed by atoms with Crippen LogP contribution in [0.2, 0.25) is 0 Å². The standard InChI is InChI=1S/C3H3BN4O/c4-2-7-3(6-1-5)8-9-2/h1H,(H2,5,6,8). The molecule has 0 aliphatic heterocycles. The molecule has 1 heterocycles. The molecule has 2 radical (unpaired) electrons. The summed E-state index contributed by atoms with van der Waals surface area (Å²) in [6, 6.07) is 0. The van der Waals surface area contributed by atoms with Gasteiger partial charge >= 0.3 is 0 Å². The molecule has 5 nitrogen and oxygen atoms in total. The highest BCUT2D eigenvalue weighted by atomic mass is 16.5. The monoisotopic (exact) mass is 122 g/mol. The topological polar surface area (TPSA) is 77.3 Å². The van der Waals surface area contributed by atoms with Gasteiger partial charge in [-0.2, -0.15) is 9.98 Å². The molecule has 0 spiro atoms. The van der Waals surface area contributed by atoms with E-state index in [1.54, 1.807) is 0 Å². The predicted molar refractivity (Wildman–Crippen MR) is 32.0 cm³/mol. The van der Waals surface area contributed by atoms with Crippen molar-refractivity contribution in [1.29, 1.82) is 0 Å². The van der Waals surface area contributed by atoms with Crippen LogP contribution in [0, 0.1) is 0 Å². The van der Waals surface area contributed by atoms with Crippen LogP contribution in [0.1, 0.15) is 0 Å². The molecule has 1 rings (SSSR count). The summed E-state index contributed by atoms with van der Waals surface area (Å²) < 4.78 is 4.36. The Morgan fingerprint density at radius 3 is 3.00 bits per heavy atom. The Bertz CT molecular complexity index is 219. The van der Waals surface area contributed by atoms with Crippen LogP contribution in [0.15, 0.2) is 9.52 Å². The number of aromatic nitrogens is 2. The SMILES string of the molecule is [B]c1nc(N=CN)no1. The Morgan fingerprint density at radius 1 is 1.78 bits per heavy atom. The van der Waals surface area contributed by atoms with E-state index in [0.29, 0.717) is 0 Å². The van der Waals surface area contributed by atoms with Gasteiger partial charge in [-0.15, -0.1) is 0 Å². The van der Waals surface area contributed by atoms with Crippen molar-refractivity contribution in [3.8, 4) is 0 Å². The van der Waals surface area contributed by atoms with Gasteiger partial charge in [0.25, 0.3) is 5.95 Å². The second-order valence-corrected chi connectivity index (χ2v) is 1.21. The molecule has 0 bridgehead atoms. The van der Waals surface area contributed by atoms with Crippen LogP contribution in [0.5, 0.6) is 0 Å². The minimum atomic E-state index is -0.0180. The molecule has 9 heavy (non-hydrogen) atoms. The van der Waals surface area contributed by atoms with E-state index in [0.717, 1.165) is 6.34 Å². The fourth-order valence-electron chi connectivity index (χ4n) is 0.346. The third-order valence-corrected chi connectivity index (χ3v) is 0.621. The molecule has 1 aromatic rings. The lowest BCUT2D eigenvalue weighted by atomic mass is 10.2.